The number of rotatable bonds is 6. The van der Waals surface area contributed by atoms with E-state index in [1.807, 2.05) is 11.3 Å². The molecular formula is C82H73BN4OS. The Kier molecular flexibility index (Phi) is 12.1. The quantitative estimate of drug-likeness (QED) is 0.155. The van der Waals surface area contributed by atoms with Gasteiger partial charge in [-0.15, -0.1) is 11.3 Å². The Bertz CT molecular complexity index is 5080. The van der Waals surface area contributed by atoms with Crippen molar-refractivity contribution in [1.82, 2.24) is 4.57 Å². The van der Waals surface area contributed by atoms with E-state index in [2.05, 4.69) is 327 Å². The highest BCUT2D eigenvalue weighted by Crippen LogP contribution is 2.53. The minimum atomic E-state index is -0.232. The summed E-state index contributed by atoms with van der Waals surface area (Å²) in [5.41, 5.74) is 24.3. The molecule has 2 aliphatic rings. The van der Waals surface area contributed by atoms with Crippen molar-refractivity contribution >= 4 is 150 Å². The third kappa shape index (κ3) is 8.70. The zero-order valence-corrected chi connectivity index (χ0v) is 53.9. The predicted molar refractivity (Wildman–Crippen MR) is 384 cm³/mol. The Balaban J connectivity index is 1.05. The summed E-state index contributed by atoms with van der Waals surface area (Å²) in [5, 5.41) is 7.20. The highest BCUT2D eigenvalue weighted by atomic mass is 32.1. The molecule has 7 heteroatoms. The van der Waals surface area contributed by atoms with E-state index in [-0.39, 0.29) is 28.4 Å². The van der Waals surface area contributed by atoms with Crippen LogP contribution in [0.2, 0.25) is 0 Å². The van der Waals surface area contributed by atoms with Crippen LogP contribution in [0.5, 0.6) is 0 Å². The van der Waals surface area contributed by atoms with Crippen molar-refractivity contribution in [3.05, 3.63) is 247 Å². The van der Waals surface area contributed by atoms with E-state index in [1.165, 1.54) is 103 Å². The van der Waals surface area contributed by atoms with Crippen molar-refractivity contribution in [2.75, 3.05) is 14.7 Å². The van der Waals surface area contributed by atoms with Crippen molar-refractivity contribution in [2.45, 2.75) is 105 Å². The fraction of sp³-hybridized carbons (Fsp3) is 0.195. The van der Waals surface area contributed by atoms with Gasteiger partial charge in [-0.1, -0.05) is 198 Å². The maximum absolute atomic E-state index is 6.62. The van der Waals surface area contributed by atoms with Gasteiger partial charge < -0.3 is 23.7 Å². The molecule has 11 aromatic carbocycles. The van der Waals surface area contributed by atoms with Gasteiger partial charge in [0.1, 0.15) is 11.2 Å². The number of thiophene rings is 1. The normalized spacial score (nSPS) is 13.6. The van der Waals surface area contributed by atoms with E-state index in [9.17, 15) is 0 Å². The SMILES string of the molecule is CC(C)(C)c1ccc(N(c2ccc(C(C)(C)C)cc2)c2ccc3c(c2)N(c2ccc(C(C)(C)C)cc2)c2cc(C(C)(C)C)cc4c2B3c2cc(-n3c5ccccc5c5ccccc53)c3c(sc5ccccc53)c2N4c2ccc3oc4ccccc4c3c2)cc1. The van der Waals surface area contributed by atoms with Crippen LogP contribution in [0, 0.1) is 0 Å². The van der Waals surface area contributed by atoms with Gasteiger partial charge in [-0.05, 0) is 169 Å². The highest BCUT2D eigenvalue weighted by Gasteiger charge is 2.46. The van der Waals surface area contributed by atoms with Gasteiger partial charge in [0.2, 0.25) is 0 Å². The molecule has 0 N–H and O–H groups in total. The lowest BCUT2D eigenvalue weighted by Gasteiger charge is -2.45. The van der Waals surface area contributed by atoms with Crippen molar-refractivity contribution in [2.24, 2.45) is 0 Å². The minimum absolute atomic E-state index is 0.000194. The number of fused-ring (bicyclic) bond motifs is 14. The van der Waals surface area contributed by atoms with Crippen LogP contribution >= 0.6 is 11.3 Å². The third-order valence-electron chi connectivity index (χ3n) is 19.2. The third-order valence-corrected chi connectivity index (χ3v) is 20.4. The number of aromatic nitrogens is 1. The van der Waals surface area contributed by atoms with Crippen LogP contribution in [0.3, 0.4) is 0 Å². The van der Waals surface area contributed by atoms with Crippen molar-refractivity contribution < 1.29 is 4.42 Å². The largest absolute Gasteiger partial charge is 0.456 e. The molecule has 0 amide bonds. The summed E-state index contributed by atoms with van der Waals surface area (Å²) in [7, 11) is 0. The van der Waals surface area contributed by atoms with Crippen LogP contribution in [0.25, 0.3) is 69.6 Å². The smallest absolute Gasteiger partial charge is 0.252 e. The maximum Gasteiger partial charge on any atom is 0.252 e. The number of nitrogens with zero attached hydrogens (tertiary/aromatic N) is 4. The average molecular weight is 1170 g/mol. The molecule has 0 spiro atoms. The van der Waals surface area contributed by atoms with Crippen molar-refractivity contribution in [3.63, 3.8) is 0 Å². The Hall–Kier alpha value is -9.30. The lowest BCUT2D eigenvalue weighted by molar-refractivity contribution is 0.590. The van der Waals surface area contributed by atoms with E-state index in [1.54, 1.807) is 0 Å². The van der Waals surface area contributed by atoms with Crippen LogP contribution in [0.4, 0.5) is 51.2 Å². The second-order valence-electron chi connectivity index (χ2n) is 29.0. The summed E-state index contributed by atoms with van der Waals surface area (Å²) in [6.07, 6.45) is 0. The zero-order chi connectivity index (χ0) is 61.2. The molecule has 14 aromatic rings. The van der Waals surface area contributed by atoms with Gasteiger partial charge >= 0.3 is 0 Å². The monoisotopic (exact) mass is 1170 g/mol. The molecule has 0 unspecified atom stereocenters. The lowest BCUT2D eigenvalue weighted by atomic mass is 9.33. The number of hydrogen-bond acceptors (Lipinski definition) is 5. The molecule has 5 heterocycles. The molecule has 0 atom stereocenters. The summed E-state index contributed by atoms with van der Waals surface area (Å²) in [5.74, 6) is 0. The molecule has 2 aliphatic heterocycles. The van der Waals surface area contributed by atoms with Crippen LogP contribution < -0.4 is 31.1 Å². The molecule has 5 nitrogen and oxygen atoms in total. The second-order valence-corrected chi connectivity index (χ2v) is 30.1. The van der Waals surface area contributed by atoms with Crippen LogP contribution in [0.1, 0.15) is 105 Å². The molecule has 436 valence electrons. The Morgan fingerprint density at radius 3 is 1.46 bits per heavy atom. The topological polar surface area (TPSA) is 27.8 Å². The second kappa shape index (κ2) is 19.6. The fourth-order valence-electron chi connectivity index (χ4n) is 14.4. The Labute approximate surface area is 527 Å². The van der Waals surface area contributed by atoms with Gasteiger partial charge in [-0.25, -0.2) is 0 Å². The number of hydrogen-bond donors (Lipinski definition) is 0. The summed E-state index contributed by atoms with van der Waals surface area (Å²) >= 11 is 1.92. The molecule has 0 saturated carbocycles. The molecule has 0 radical (unpaired) electrons. The molecular weight excluding hydrogens is 1100 g/mol. The Morgan fingerprint density at radius 2 is 0.865 bits per heavy atom. The summed E-state index contributed by atoms with van der Waals surface area (Å²) < 4.78 is 11.7. The van der Waals surface area contributed by atoms with E-state index in [4.69, 9.17) is 4.42 Å². The van der Waals surface area contributed by atoms with E-state index >= 15 is 0 Å². The van der Waals surface area contributed by atoms with Crippen molar-refractivity contribution in [1.29, 1.82) is 0 Å². The maximum atomic E-state index is 6.62. The minimum Gasteiger partial charge on any atom is -0.456 e. The van der Waals surface area contributed by atoms with E-state index in [0.29, 0.717) is 0 Å². The lowest BCUT2D eigenvalue weighted by Crippen LogP contribution is -2.61. The Morgan fingerprint density at radius 1 is 0.371 bits per heavy atom. The van der Waals surface area contributed by atoms with Crippen LogP contribution in [-0.2, 0) is 21.7 Å². The number of benzene rings is 11. The fourth-order valence-corrected chi connectivity index (χ4v) is 15.7. The first kappa shape index (κ1) is 55.0. The van der Waals surface area contributed by atoms with Gasteiger partial charge in [-0.2, -0.15) is 0 Å². The molecule has 0 bridgehead atoms. The molecule has 0 fully saturated rings. The number of furan rings is 1. The first-order valence-corrected chi connectivity index (χ1v) is 32.4. The number of anilines is 9. The van der Waals surface area contributed by atoms with Crippen LogP contribution in [-0.4, -0.2) is 11.3 Å². The zero-order valence-electron chi connectivity index (χ0n) is 53.0. The van der Waals surface area contributed by atoms with Gasteiger partial charge in [0.05, 0.1) is 27.1 Å². The van der Waals surface area contributed by atoms with Gasteiger partial charge in [0.25, 0.3) is 6.71 Å². The van der Waals surface area contributed by atoms with Gasteiger partial charge in [0, 0.05) is 82.5 Å². The highest BCUT2D eigenvalue weighted by molar-refractivity contribution is 7.26. The summed E-state index contributed by atoms with van der Waals surface area (Å²) in [6, 6.07) is 85.5. The molecule has 0 aliphatic carbocycles. The molecule has 0 saturated heterocycles. The molecule has 16 rings (SSSR count). The van der Waals surface area contributed by atoms with E-state index in [0.717, 1.165) is 56.1 Å². The van der Waals surface area contributed by atoms with Gasteiger partial charge in [0.15, 0.2) is 0 Å². The molecule has 89 heavy (non-hydrogen) atoms. The predicted octanol–water partition coefficient (Wildman–Crippen LogP) is 21.8. The van der Waals surface area contributed by atoms with Crippen molar-refractivity contribution in [3.8, 4) is 5.69 Å². The molecule has 3 aromatic heterocycles. The standard InChI is InChI=1S/C82H73BN4OS/c1-79(2,3)50-29-35-54(36-30-50)84(55-37-31-51(32-38-55)80(4,5)6)58-41-43-64-68(48-58)85(56-39-33-52(34-40-56)81(7,8)9)70-45-53(82(10,11)12)46-71-76(70)83(64)65-49-69(87-66-25-17-13-21-59(66)60-22-14-18-26-67(60)87)75-62-24-16-20-28-74(62)89-78(75)77(65)86(71)57-42-44-73-63(47-57)61-23-15-19-27-72(61)88-73/h13-49H,1-12H3. The van der Waals surface area contributed by atoms with E-state index < -0.39 is 0 Å². The van der Waals surface area contributed by atoms with Crippen LogP contribution in [0.15, 0.2) is 229 Å². The first-order chi connectivity index (χ1) is 42.7. The summed E-state index contributed by atoms with van der Waals surface area (Å²) in [4.78, 5) is 7.74. The average Bonchev–Trinajstić information content (AvgIpc) is 1.61. The summed E-state index contributed by atoms with van der Waals surface area (Å²) in [6.45, 7) is 27.6. The number of para-hydroxylation sites is 3. The van der Waals surface area contributed by atoms with Gasteiger partial charge in [-0.3, -0.25) is 0 Å². The first-order valence-electron chi connectivity index (χ1n) is 31.6.